The first-order chi connectivity index (χ1) is 14.6. The summed E-state index contributed by atoms with van der Waals surface area (Å²) in [6, 6.07) is 18.4. The Kier molecular flexibility index (Phi) is 4.76. The third-order valence-corrected chi connectivity index (χ3v) is 7.25. The number of anilines is 1. The molecule has 0 spiro atoms. The van der Waals surface area contributed by atoms with Crippen LogP contribution in [0.5, 0.6) is 0 Å². The molecule has 1 fully saturated rings. The van der Waals surface area contributed by atoms with Crippen LogP contribution in [0.2, 0.25) is 0 Å². The molecule has 1 saturated heterocycles. The average molecular weight is 423 g/mol. The van der Waals surface area contributed by atoms with Gasteiger partial charge in [0.15, 0.2) is 5.03 Å². The lowest BCUT2D eigenvalue weighted by Gasteiger charge is -2.34. The van der Waals surface area contributed by atoms with Gasteiger partial charge in [0.05, 0.1) is 30.1 Å². The number of aromatic nitrogens is 4. The van der Waals surface area contributed by atoms with E-state index in [1.807, 2.05) is 36.4 Å². The van der Waals surface area contributed by atoms with Crippen LogP contribution in [0.1, 0.15) is 5.56 Å². The number of para-hydroxylation sites is 2. The molecule has 0 aliphatic carbocycles. The number of H-pyrrole nitrogens is 1. The topological polar surface area (TPSA) is 87.1 Å². The second kappa shape index (κ2) is 7.58. The lowest BCUT2D eigenvalue weighted by Crippen LogP contribution is -2.49. The number of hydrogen-bond acceptors (Lipinski definition) is 5. The Balaban J connectivity index is 1.42. The number of benzene rings is 2. The zero-order valence-corrected chi connectivity index (χ0v) is 17.2. The molecule has 2 aromatic heterocycles. The van der Waals surface area contributed by atoms with Gasteiger partial charge in [0, 0.05) is 26.2 Å². The Morgan fingerprint density at radius 3 is 2.40 bits per heavy atom. The minimum absolute atomic E-state index is 0.132. The smallest absolute Gasteiger partial charge is 0.260 e. The van der Waals surface area contributed by atoms with Gasteiger partial charge >= 0.3 is 0 Å². The van der Waals surface area contributed by atoms with Crippen molar-refractivity contribution in [2.75, 3.05) is 31.1 Å². The van der Waals surface area contributed by atoms with Gasteiger partial charge in [-0.15, -0.1) is 0 Å². The lowest BCUT2D eigenvalue weighted by molar-refractivity contribution is 0.380. The van der Waals surface area contributed by atoms with Gasteiger partial charge in [-0.1, -0.05) is 42.5 Å². The van der Waals surface area contributed by atoms with Crippen LogP contribution < -0.4 is 4.90 Å². The third kappa shape index (κ3) is 3.35. The Bertz CT molecular complexity index is 1240. The predicted molar refractivity (Wildman–Crippen MR) is 115 cm³/mol. The molecule has 8 nitrogen and oxygen atoms in total. The molecular formula is C21H22N6O2S. The van der Waals surface area contributed by atoms with Gasteiger partial charge in [0.2, 0.25) is 5.95 Å². The number of nitrogens with one attached hydrogen (secondary N) is 1. The maximum Gasteiger partial charge on any atom is 0.260 e. The van der Waals surface area contributed by atoms with E-state index in [0.717, 1.165) is 17.0 Å². The summed E-state index contributed by atoms with van der Waals surface area (Å²) in [4.78, 5) is 13.6. The Labute approximate surface area is 174 Å². The fraction of sp³-hybridized carbons (Fsp3) is 0.238. The van der Waals surface area contributed by atoms with Crippen molar-refractivity contribution in [3.63, 3.8) is 0 Å². The van der Waals surface area contributed by atoms with Gasteiger partial charge in [-0.25, -0.2) is 18.4 Å². The second-order valence-electron chi connectivity index (χ2n) is 7.28. The van der Waals surface area contributed by atoms with Crippen molar-refractivity contribution in [1.29, 1.82) is 0 Å². The first-order valence-electron chi connectivity index (χ1n) is 9.85. The SMILES string of the molecule is O=S(=O)(c1cnc[nH]1)N1CCN(c2nc3ccccc3n2Cc2ccccc2)CC1. The summed E-state index contributed by atoms with van der Waals surface area (Å²) < 4.78 is 29.2. The standard InChI is InChI=1S/C21H22N6O2S/c28-30(29,20-14-22-16-23-20)26-12-10-25(11-13-26)21-24-18-8-4-5-9-19(18)27(21)15-17-6-2-1-3-7-17/h1-9,14,16H,10-13,15H2,(H,22,23). The molecule has 9 heteroatoms. The Hall–Kier alpha value is -3.17. The molecule has 30 heavy (non-hydrogen) atoms. The normalized spacial score (nSPS) is 15.7. The van der Waals surface area contributed by atoms with Crippen molar-refractivity contribution in [2.24, 2.45) is 0 Å². The molecular weight excluding hydrogens is 400 g/mol. The van der Waals surface area contributed by atoms with Gasteiger partial charge in [-0.3, -0.25) is 0 Å². The van der Waals surface area contributed by atoms with Crippen molar-refractivity contribution < 1.29 is 8.42 Å². The van der Waals surface area contributed by atoms with Crippen LogP contribution in [0.25, 0.3) is 11.0 Å². The van der Waals surface area contributed by atoms with E-state index in [9.17, 15) is 8.42 Å². The highest BCUT2D eigenvalue weighted by Gasteiger charge is 2.31. The largest absolute Gasteiger partial charge is 0.340 e. The van der Waals surface area contributed by atoms with Crippen LogP contribution in [0.3, 0.4) is 0 Å². The van der Waals surface area contributed by atoms with Crippen molar-refractivity contribution >= 4 is 27.0 Å². The van der Waals surface area contributed by atoms with Crippen molar-refractivity contribution in [3.8, 4) is 0 Å². The molecule has 0 radical (unpaired) electrons. The minimum Gasteiger partial charge on any atom is -0.340 e. The first kappa shape index (κ1) is 18.8. The Morgan fingerprint density at radius 2 is 1.67 bits per heavy atom. The van der Waals surface area contributed by atoms with E-state index in [1.165, 1.54) is 22.4 Å². The highest BCUT2D eigenvalue weighted by atomic mass is 32.2. The van der Waals surface area contributed by atoms with Gasteiger partial charge < -0.3 is 14.5 Å². The summed E-state index contributed by atoms with van der Waals surface area (Å²) in [6.45, 7) is 2.66. The van der Waals surface area contributed by atoms with Gasteiger partial charge in [0.25, 0.3) is 10.0 Å². The first-order valence-corrected chi connectivity index (χ1v) is 11.3. The predicted octanol–water partition coefficient (Wildman–Crippen LogP) is 2.32. The van der Waals surface area contributed by atoms with Crippen LogP contribution in [0.15, 0.2) is 72.1 Å². The molecule has 3 heterocycles. The number of piperazine rings is 1. The number of imidazole rings is 2. The van der Waals surface area contributed by atoms with E-state index in [1.54, 1.807) is 0 Å². The van der Waals surface area contributed by atoms with Crippen molar-refractivity contribution in [1.82, 2.24) is 23.8 Å². The van der Waals surface area contributed by atoms with Crippen LogP contribution in [-0.4, -0.2) is 58.4 Å². The molecule has 1 aliphatic rings. The maximum absolute atomic E-state index is 12.8. The summed E-state index contributed by atoms with van der Waals surface area (Å²) in [7, 11) is -3.55. The van der Waals surface area contributed by atoms with Crippen LogP contribution in [-0.2, 0) is 16.6 Å². The zero-order chi connectivity index (χ0) is 20.6. The third-order valence-electron chi connectivity index (χ3n) is 5.43. The quantitative estimate of drug-likeness (QED) is 0.533. The fourth-order valence-corrected chi connectivity index (χ4v) is 5.20. The number of nitrogens with zero attached hydrogens (tertiary/aromatic N) is 5. The summed E-state index contributed by atoms with van der Waals surface area (Å²) in [5.74, 6) is 0.874. The molecule has 4 aromatic rings. The maximum atomic E-state index is 12.8. The van der Waals surface area contributed by atoms with E-state index < -0.39 is 10.0 Å². The van der Waals surface area contributed by atoms with Crippen LogP contribution in [0.4, 0.5) is 5.95 Å². The minimum atomic E-state index is -3.55. The molecule has 0 atom stereocenters. The summed E-state index contributed by atoms with van der Waals surface area (Å²) in [5, 5.41) is 0.132. The van der Waals surface area contributed by atoms with E-state index >= 15 is 0 Å². The van der Waals surface area contributed by atoms with Gasteiger partial charge in [0.1, 0.15) is 0 Å². The monoisotopic (exact) mass is 422 g/mol. The molecule has 0 amide bonds. The summed E-state index contributed by atoms with van der Waals surface area (Å²) in [5.41, 5.74) is 3.21. The molecule has 154 valence electrons. The molecule has 2 aromatic carbocycles. The van der Waals surface area contributed by atoms with Gasteiger partial charge in [-0.2, -0.15) is 4.31 Å². The number of hydrogen-bond donors (Lipinski definition) is 1. The van der Waals surface area contributed by atoms with E-state index in [4.69, 9.17) is 4.98 Å². The molecule has 0 saturated carbocycles. The van der Waals surface area contributed by atoms with E-state index in [-0.39, 0.29) is 5.03 Å². The number of rotatable bonds is 5. The number of fused-ring (bicyclic) bond motifs is 1. The Morgan fingerprint density at radius 1 is 0.933 bits per heavy atom. The molecule has 0 unspecified atom stereocenters. The van der Waals surface area contributed by atoms with Gasteiger partial charge in [-0.05, 0) is 17.7 Å². The zero-order valence-electron chi connectivity index (χ0n) is 16.3. The van der Waals surface area contributed by atoms with Crippen molar-refractivity contribution in [2.45, 2.75) is 11.6 Å². The van der Waals surface area contributed by atoms with Crippen LogP contribution >= 0.6 is 0 Å². The summed E-state index contributed by atoms with van der Waals surface area (Å²) in [6.07, 6.45) is 2.73. The van der Waals surface area contributed by atoms with E-state index in [2.05, 4.69) is 37.6 Å². The lowest BCUT2D eigenvalue weighted by atomic mass is 10.2. The molecule has 1 aliphatic heterocycles. The van der Waals surface area contributed by atoms with E-state index in [0.29, 0.717) is 32.7 Å². The van der Waals surface area contributed by atoms with Crippen molar-refractivity contribution in [3.05, 3.63) is 72.7 Å². The highest BCUT2D eigenvalue weighted by Crippen LogP contribution is 2.26. The number of sulfonamides is 1. The average Bonchev–Trinajstić information content (AvgIpc) is 3.44. The molecule has 5 rings (SSSR count). The highest BCUT2D eigenvalue weighted by molar-refractivity contribution is 7.89. The molecule has 1 N–H and O–H groups in total. The van der Waals surface area contributed by atoms with Crippen LogP contribution in [0, 0.1) is 0 Å². The molecule has 0 bridgehead atoms. The second-order valence-corrected chi connectivity index (χ2v) is 9.19. The summed E-state index contributed by atoms with van der Waals surface area (Å²) >= 11 is 0. The fourth-order valence-electron chi connectivity index (χ4n) is 3.88. The number of aromatic amines is 1.